The van der Waals surface area contributed by atoms with Gasteiger partial charge in [0, 0.05) is 17.9 Å². The van der Waals surface area contributed by atoms with Gasteiger partial charge in [0.2, 0.25) is 0 Å². The van der Waals surface area contributed by atoms with Gasteiger partial charge < -0.3 is 5.32 Å². The van der Waals surface area contributed by atoms with E-state index in [4.69, 9.17) is 16.6 Å². The van der Waals surface area contributed by atoms with Gasteiger partial charge in [0.15, 0.2) is 0 Å². The molecule has 0 aromatic carbocycles. The minimum absolute atomic E-state index is 0.0563. The second-order valence-corrected chi connectivity index (χ2v) is 7.72. The summed E-state index contributed by atoms with van der Waals surface area (Å²) in [6, 6.07) is 6.00. The van der Waals surface area contributed by atoms with Crippen molar-refractivity contribution < 1.29 is 4.79 Å². The van der Waals surface area contributed by atoms with Crippen molar-refractivity contribution in [3.8, 4) is 0 Å². The standard InChI is InChI=1S/C22H28ClN3O/c1-3-7-17(4-2)25-22(27)20-13-16(12-15-10-11-21(23)24-14-15)18-8-5-6-9-19(18)26-20/h10-11,13-14,17H,3-9,12H2,1-2H3,(H,25,27). The van der Waals surface area contributed by atoms with E-state index < -0.39 is 0 Å². The average molecular weight is 386 g/mol. The maximum atomic E-state index is 12.8. The normalized spacial score (nSPS) is 14.5. The van der Waals surface area contributed by atoms with Gasteiger partial charge in [0.05, 0.1) is 0 Å². The van der Waals surface area contributed by atoms with Gasteiger partial charge in [0.1, 0.15) is 10.8 Å². The molecule has 0 fully saturated rings. The Bertz CT molecular complexity index is 789. The first-order valence-electron chi connectivity index (χ1n) is 10.0. The first-order valence-corrected chi connectivity index (χ1v) is 10.4. The van der Waals surface area contributed by atoms with Crippen LogP contribution in [0.3, 0.4) is 0 Å². The number of nitrogens with zero attached hydrogens (tertiary/aromatic N) is 2. The summed E-state index contributed by atoms with van der Waals surface area (Å²) in [5.41, 5.74) is 5.24. The van der Waals surface area contributed by atoms with Crippen molar-refractivity contribution in [2.45, 2.75) is 71.3 Å². The molecule has 1 aliphatic rings. The topological polar surface area (TPSA) is 54.9 Å². The van der Waals surface area contributed by atoms with E-state index in [1.54, 1.807) is 0 Å². The number of carbonyl (C=O) groups excluding carboxylic acids is 1. The van der Waals surface area contributed by atoms with Crippen LogP contribution in [0.4, 0.5) is 0 Å². The lowest BCUT2D eigenvalue weighted by atomic mass is 9.89. The minimum atomic E-state index is -0.0563. The molecule has 144 valence electrons. The van der Waals surface area contributed by atoms with Gasteiger partial charge in [0.25, 0.3) is 5.91 Å². The Balaban J connectivity index is 1.89. The number of aryl methyl sites for hydroxylation is 1. The fourth-order valence-electron chi connectivity index (χ4n) is 3.78. The zero-order valence-corrected chi connectivity index (χ0v) is 17.0. The molecule has 0 bridgehead atoms. The van der Waals surface area contributed by atoms with Crippen molar-refractivity contribution >= 4 is 17.5 Å². The van der Waals surface area contributed by atoms with Crippen molar-refractivity contribution in [2.75, 3.05) is 0 Å². The van der Waals surface area contributed by atoms with Gasteiger partial charge in [-0.25, -0.2) is 9.97 Å². The van der Waals surface area contributed by atoms with Gasteiger partial charge >= 0.3 is 0 Å². The molecule has 1 aliphatic carbocycles. The molecule has 2 aromatic rings. The highest BCUT2D eigenvalue weighted by Crippen LogP contribution is 2.26. The average Bonchev–Trinajstić information content (AvgIpc) is 2.69. The Labute approximate surface area is 166 Å². The number of carbonyl (C=O) groups is 1. The van der Waals surface area contributed by atoms with E-state index in [-0.39, 0.29) is 11.9 Å². The third-order valence-electron chi connectivity index (χ3n) is 5.27. The van der Waals surface area contributed by atoms with Gasteiger partial charge in [-0.2, -0.15) is 0 Å². The lowest BCUT2D eigenvalue weighted by Gasteiger charge is -2.21. The number of fused-ring (bicyclic) bond motifs is 1. The van der Waals surface area contributed by atoms with Crippen LogP contribution in [0.15, 0.2) is 24.4 Å². The molecule has 1 N–H and O–H groups in total. The van der Waals surface area contributed by atoms with Crippen LogP contribution in [0.1, 0.15) is 78.8 Å². The van der Waals surface area contributed by atoms with Crippen LogP contribution in [0.5, 0.6) is 0 Å². The van der Waals surface area contributed by atoms with E-state index in [0.29, 0.717) is 10.8 Å². The minimum Gasteiger partial charge on any atom is -0.348 e. The summed E-state index contributed by atoms with van der Waals surface area (Å²) in [4.78, 5) is 21.7. The molecule has 4 nitrogen and oxygen atoms in total. The van der Waals surface area contributed by atoms with E-state index in [0.717, 1.165) is 56.2 Å². The first kappa shape index (κ1) is 19.8. The maximum absolute atomic E-state index is 12.8. The monoisotopic (exact) mass is 385 g/mol. The summed E-state index contributed by atoms with van der Waals surface area (Å²) in [6.07, 6.45) is 9.87. The van der Waals surface area contributed by atoms with Crippen LogP contribution in [0.2, 0.25) is 5.15 Å². The lowest BCUT2D eigenvalue weighted by molar-refractivity contribution is 0.0928. The number of nitrogens with one attached hydrogen (secondary N) is 1. The molecule has 5 heteroatoms. The molecular formula is C22H28ClN3O. The molecule has 0 saturated carbocycles. The smallest absolute Gasteiger partial charge is 0.270 e. The summed E-state index contributed by atoms with van der Waals surface area (Å²) in [5.74, 6) is -0.0563. The molecular weight excluding hydrogens is 358 g/mol. The predicted octanol–water partition coefficient (Wildman–Crippen LogP) is 4.91. The van der Waals surface area contributed by atoms with Gasteiger partial charge in [-0.05, 0) is 73.8 Å². The first-order chi connectivity index (χ1) is 13.1. The number of halogens is 1. The Morgan fingerprint density at radius 3 is 2.78 bits per heavy atom. The number of rotatable bonds is 7. The summed E-state index contributed by atoms with van der Waals surface area (Å²) >= 11 is 5.91. The summed E-state index contributed by atoms with van der Waals surface area (Å²) in [6.45, 7) is 4.25. The zero-order chi connectivity index (χ0) is 19.2. The predicted molar refractivity (Wildman–Crippen MR) is 109 cm³/mol. The second-order valence-electron chi connectivity index (χ2n) is 7.33. The third kappa shape index (κ3) is 5.07. The molecule has 2 aromatic heterocycles. The quantitative estimate of drug-likeness (QED) is 0.689. The Morgan fingerprint density at radius 2 is 2.07 bits per heavy atom. The largest absolute Gasteiger partial charge is 0.348 e. The summed E-state index contributed by atoms with van der Waals surface area (Å²) < 4.78 is 0. The fraction of sp³-hybridized carbons (Fsp3) is 0.500. The van der Waals surface area contributed by atoms with Crippen molar-refractivity contribution in [1.29, 1.82) is 0 Å². The highest BCUT2D eigenvalue weighted by molar-refractivity contribution is 6.29. The van der Waals surface area contributed by atoms with E-state index >= 15 is 0 Å². The van der Waals surface area contributed by atoms with Crippen molar-refractivity contribution in [1.82, 2.24) is 15.3 Å². The Hall–Kier alpha value is -1.94. The number of hydrogen-bond acceptors (Lipinski definition) is 3. The number of aromatic nitrogens is 2. The molecule has 1 unspecified atom stereocenters. The van der Waals surface area contributed by atoms with Crippen LogP contribution >= 0.6 is 11.6 Å². The Morgan fingerprint density at radius 1 is 1.26 bits per heavy atom. The summed E-state index contributed by atoms with van der Waals surface area (Å²) in [7, 11) is 0. The maximum Gasteiger partial charge on any atom is 0.270 e. The fourth-order valence-corrected chi connectivity index (χ4v) is 3.89. The lowest BCUT2D eigenvalue weighted by Crippen LogP contribution is -2.35. The molecule has 3 rings (SSSR count). The van der Waals surface area contributed by atoms with Crippen molar-refractivity contribution in [3.05, 3.63) is 57.6 Å². The summed E-state index contributed by atoms with van der Waals surface area (Å²) in [5, 5.41) is 3.66. The highest BCUT2D eigenvalue weighted by atomic mass is 35.5. The molecule has 0 saturated heterocycles. The molecule has 0 radical (unpaired) electrons. The number of hydrogen-bond donors (Lipinski definition) is 1. The third-order valence-corrected chi connectivity index (χ3v) is 5.50. The molecule has 0 aliphatic heterocycles. The zero-order valence-electron chi connectivity index (χ0n) is 16.2. The van der Waals surface area contributed by atoms with Crippen LogP contribution in [0, 0.1) is 0 Å². The molecule has 1 atom stereocenters. The highest BCUT2D eigenvalue weighted by Gasteiger charge is 2.20. The Kier molecular flexibility index (Phi) is 6.84. The van der Waals surface area contributed by atoms with Gasteiger partial charge in [-0.15, -0.1) is 0 Å². The molecule has 1 amide bonds. The second kappa shape index (κ2) is 9.32. The van der Waals surface area contributed by atoms with Crippen LogP contribution < -0.4 is 5.32 Å². The van der Waals surface area contributed by atoms with Crippen molar-refractivity contribution in [2.24, 2.45) is 0 Å². The molecule has 27 heavy (non-hydrogen) atoms. The molecule has 2 heterocycles. The number of pyridine rings is 2. The van der Waals surface area contributed by atoms with Crippen LogP contribution in [0.25, 0.3) is 0 Å². The SMILES string of the molecule is CCCC(CC)NC(=O)c1cc(Cc2ccc(Cl)nc2)c2c(n1)CCCC2. The van der Waals surface area contributed by atoms with Crippen LogP contribution in [-0.4, -0.2) is 21.9 Å². The van der Waals surface area contributed by atoms with E-state index in [2.05, 4.69) is 24.1 Å². The van der Waals surface area contributed by atoms with E-state index in [9.17, 15) is 4.79 Å². The van der Waals surface area contributed by atoms with Gasteiger partial charge in [-0.1, -0.05) is 37.9 Å². The van der Waals surface area contributed by atoms with E-state index in [1.165, 1.54) is 17.5 Å². The van der Waals surface area contributed by atoms with Crippen molar-refractivity contribution in [3.63, 3.8) is 0 Å². The van der Waals surface area contributed by atoms with Crippen LogP contribution in [-0.2, 0) is 19.3 Å². The molecule has 0 spiro atoms. The van der Waals surface area contributed by atoms with E-state index in [1.807, 2.05) is 24.4 Å². The van der Waals surface area contributed by atoms with Gasteiger partial charge in [-0.3, -0.25) is 4.79 Å². The number of amides is 1.